The minimum absolute atomic E-state index is 0.675. The summed E-state index contributed by atoms with van der Waals surface area (Å²) in [5.74, 6) is -8.23. The van der Waals surface area contributed by atoms with E-state index in [0.717, 1.165) is 9.80 Å². The van der Waals surface area contributed by atoms with Crippen LogP contribution < -0.4 is 21.3 Å². The molecule has 2 saturated heterocycles. The van der Waals surface area contributed by atoms with Gasteiger partial charge in [0, 0.05) is 0 Å². The Bertz CT molecular complexity index is 860. The molecule has 0 unspecified atom stereocenters. The molecule has 32 heavy (non-hydrogen) atoms. The van der Waals surface area contributed by atoms with Gasteiger partial charge in [0.25, 0.3) is 0 Å². The van der Waals surface area contributed by atoms with Crippen molar-refractivity contribution >= 4 is 47.6 Å². The van der Waals surface area contributed by atoms with Crippen molar-refractivity contribution in [2.45, 2.75) is 12.1 Å². The number of carbonyl (C=O) groups is 8. The summed E-state index contributed by atoms with van der Waals surface area (Å²) in [5, 5.41) is 25.4. The van der Waals surface area contributed by atoms with Gasteiger partial charge in [-0.05, 0) is 0 Å². The van der Waals surface area contributed by atoms with Crippen molar-refractivity contribution in [2.75, 3.05) is 26.2 Å². The molecule has 16 heteroatoms. The van der Waals surface area contributed by atoms with E-state index in [-0.39, 0.29) is 0 Å². The van der Waals surface area contributed by atoms with Gasteiger partial charge in [0.2, 0.25) is 23.6 Å². The van der Waals surface area contributed by atoms with E-state index in [4.69, 9.17) is 10.2 Å². The van der Waals surface area contributed by atoms with Crippen molar-refractivity contribution in [3.8, 4) is 0 Å². The number of rotatable bonds is 8. The van der Waals surface area contributed by atoms with Crippen molar-refractivity contribution in [3.05, 3.63) is 0 Å². The molecule has 0 spiro atoms. The lowest BCUT2D eigenvalue weighted by Crippen LogP contribution is -2.83. The average molecular weight is 454 g/mol. The zero-order valence-electron chi connectivity index (χ0n) is 16.2. The molecule has 1 aliphatic carbocycles. The average Bonchev–Trinajstić information content (AvgIpc) is 2.66. The molecule has 0 aromatic rings. The summed E-state index contributed by atoms with van der Waals surface area (Å²) >= 11 is 0. The third-order valence-corrected chi connectivity index (χ3v) is 5.28. The minimum atomic E-state index is -1.33. The SMILES string of the molecule is O=C(O)CNC(=O)CN1C(=O)NC(=O)[C@@H]2[C@H]3C(=O)NC(=O)N(CC(=O)NCC(=O)O)[C@H]3[C@@H]21. The molecule has 3 rings (SSSR count). The summed E-state index contributed by atoms with van der Waals surface area (Å²) in [5.41, 5.74) is 0. The second-order valence-electron chi connectivity index (χ2n) is 7.22. The van der Waals surface area contributed by atoms with Crippen molar-refractivity contribution in [3.63, 3.8) is 0 Å². The van der Waals surface area contributed by atoms with E-state index >= 15 is 0 Å². The number of fused-ring (bicyclic) bond motifs is 4. The van der Waals surface area contributed by atoms with Crippen molar-refractivity contribution in [1.29, 1.82) is 0 Å². The molecular formula is C16H18N6O10. The van der Waals surface area contributed by atoms with E-state index in [1.165, 1.54) is 0 Å². The van der Waals surface area contributed by atoms with Crippen LogP contribution in [0.1, 0.15) is 0 Å². The van der Waals surface area contributed by atoms with Gasteiger partial charge < -0.3 is 30.6 Å². The number of imide groups is 2. The first-order valence-electron chi connectivity index (χ1n) is 9.21. The van der Waals surface area contributed by atoms with Crippen LogP contribution in [0, 0.1) is 11.8 Å². The Morgan fingerprint density at radius 2 is 1.06 bits per heavy atom. The summed E-state index contributed by atoms with van der Waals surface area (Å²) in [4.78, 5) is 96.5. The van der Waals surface area contributed by atoms with Crippen molar-refractivity contribution in [1.82, 2.24) is 31.1 Å². The molecule has 1 saturated carbocycles. The van der Waals surface area contributed by atoms with E-state index in [1.807, 2.05) is 10.6 Å². The Hall–Kier alpha value is -4.24. The number of hydrogen-bond donors (Lipinski definition) is 6. The molecule has 0 bridgehead atoms. The number of nitrogens with zero attached hydrogens (tertiary/aromatic N) is 2. The molecule has 0 aromatic heterocycles. The second kappa shape index (κ2) is 8.48. The van der Waals surface area contributed by atoms with Gasteiger partial charge in [-0.15, -0.1) is 0 Å². The molecule has 3 aliphatic rings. The highest BCUT2D eigenvalue weighted by Gasteiger charge is 2.67. The Morgan fingerprint density at radius 1 is 0.719 bits per heavy atom. The highest BCUT2D eigenvalue weighted by Crippen LogP contribution is 2.45. The topological polar surface area (TPSA) is 232 Å². The Kier molecular flexibility index (Phi) is 5.95. The number of carbonyl (C=O) groups excluding carboxylic acids is 6. The van der Waals surface area contributed by atoms with Gasteiger partial charge in [0.05, 0.1) is 23.9 Å². The number of urea groups is 2. The first-order valence-corrected chi connectivity index (χ1v) is 9.21. The van der Waals surface area contributed by atoms with Crippen LogP contribution in [0.15, 0.2) is 0 Å². The van der Waals surface area contributed by atoms with Gasteiger partial charge in [-0.3, -0.25) is 39.4 Å². The lowest BCUT2D eigenvalue weighted by Gasteiger charge is -2.60. The van der Waals surface area contributed by atoms with Crippen LogP contribution in [0.5, 0.6) is 0 Å². The standard InChI is InChI=1S/C16H18N6O10/c23-5(17-1-7(25)26)3-21-11-9(13(29)19-15(21)31)10-12(11)22(16(32)20-14(10)30)4-6(24)18-2-8(27)28/h9-12H,1-4H2,(H,17,23)(H,18,24)(H,25,26)(H,27,28)(H,19,29,31)(H,20,30,32)/t9-,10-,11-,12-/m1/s1. The third kappa shape index (κ3) is 4.14. The molecule has 2 aliphatic heterocycles. The molecular weight excluding hydrogens is 436 g/mol. The zero-order valence-corrected chi connectivity index (χ0v) is 16.2. The van der Waals surface area contributed by atoms with Crippen LogP contribution in [-0.4, -0.2) is 106 Å². The Morgan fingerprint density at radius 3 is 1.38 bits per heavy atom. The third-order valence-electron chi connectivity index (χ3n) is 5.28. The fraction of sp³-hybridized carbons (Fsp3) is 0.500. The van der Waals surface area contributed by atoms with Crippen LogP contribution in [-0.2, 0) is 28.8 Å². The molecule has 4 atom stereocenters. The van der Waals surface area contributed by atoms with E-state index in [1.54, 1.807) is 0 Å². The van der Waals surface area contributed by atoms with Gasteiger partial charge in [-0.1, -0.05) is 0 Å². The van der Waals surface area contributed by atoms with Gasteiger partial charge in [0.15, 0.2) is 0 Å². The van der Waals surface area contributed by atoms with Gasteiger partial charge in [0.1, 0.15) is 26.2 Å². The first-order chi connectivity index (χ1) is 15.0. The van der Waals surface area contributed by atoms with E-state index in [2.05, 4.69) is 10.6 Å². The van der Waals surface area contributed by atoms with Crippen LogP contribution in [0.2, 0.25) is 0 Å². The monoisotopic (exact) mass is 454 g/mol. The molecule has 8 amide bonds. The second-order valence-corrected chi connectivity index (χ2v) is 7.22. The predicted molar refractivity (Wildman–Crippen MR) is 96.3 cm³/mol. The summed E-state index contributed by atoms with van der Waals surface area (Å²) in [7, 11) is 0. The largest absolute Gasteiger partial charge is 0.480 e. The molecule has 6 N–H and O–H groups in total. The number of carboxylic acid groups (broad SMARTS) is 2. The first kappa shape index (κ1) is 22.4. The fourth-order valence-electron chi connectivity index (χ4n) is 4.01. The van der Waals surface area contributed by atoms with E-state index < -0.39 is 97.7 Å². The van der Waals surface area contributed by atoms with Gasteiger partial charge in [-0.25, -0.2) is 9.59 Å². The highest BCUT2D eigenvalue weighted by molar-refractivity contribution is 6.08. The molecule has 3 fully saturated rings. The quantitative estimate of drug-likeness (QED) is 0.206. The number of nitrogens with one attached hydrogen (secondary N) is 4. The molecule has 16 nitrogen and oxygen atoms in total. The predicted octanol–water partition coefficient (Wildman–Crippen LogP) is -4.53. The number of amides is 8. The number of aliphatic carboxylic acids is 2. The summed E-state index contributed by atoms with van der Waals surface area (Å²) in [6.07, 6.45) is 0. The normalized spacial score (nSPS) is 26.1. The van der Waals surface area contributed by atoms with Crippen molar-refractivity contribution in [2.24, 2.45) is 11.8 Å². The Labute approximate surface area is 178 Å². The van der Waals surface area contributed by atoms with Crippen LogP contribution in [0.25, 0.3) is 0 Å². The molecule has 0 radical (unpaired) electrons. The van der Waals surface area contributed by atoms with Crippen LogP contribution in [0.3, 0.4) is 0 Å². The summed E-state index contributed by atoms with van der Waals surface area (Å²) < 4.78 is 0. The molecule has 172 valence electrons. The highest BCUT2D eigenvalue weighted by atomic mass is 16.4. The van der Waals surface area contributed by atoms with Gasteiger partial charge >= 0.3 is 24.0 Å². The lowest BCUT2D eigenvalue weighted by molar-refractivity contribution is -0.164. The maximum absolute atomic E-state index is 12.4. The molecule has 0 aromatic carbocycles. The van der Waals surface area contributed by atoms with Crippen LogP contribution in [0.4, 0.5) is 9.59 Å². The fourth-order valence-corrected chi connectivity index (χ4v) is 4.01. The number of carboxylic acids is 2. The maximum Gasteiger partial charge on any atom is 0.324 e. The summed E-state index contributed by atoms with van der Waals surface area (Å²) in [6, 6.07) is -4.26. The van der Waals surface area contributed by atoms with E-state index in [0.29, 0.717) is 0 Å². The summed E-state index contributed by atoms with van der Waals surface area (Å²) in [6.45, 7) is -2.79. The smallest absolute Gasteiger partial charge is 0.324 e. The van der Waals surface area contributed by atoms with Crippen molar-refractivity contribution < 1.29 is 48.6 Å². The minimum Gasteiger partial charge on any atom is -0.480 e. The maximum atomic E-state index is 12.4. The lowest BCUT2D eigenvalue weighted by atomic mass is 9.60. The Balaban J connectivity index is 1.83. The van der Waals surface area contributed by atoms with E-state index in [9.17, 15) is 38.4 Å². The molecule has 2 heterocycles. The van der Waals surface area contributed by atoms with Gasteiger partial charge in [-0.2, -0.15) is 0 Å². The van der Waals surface area contributed by atoms with Crippen LogP contribution >= 0.6 is 0 Å². The number of hydrogen-bond acceptors (Lipinski definition) is 8. The zero-order chi connectivity index (χ0) is 23.7.